The minimum absolute atomic E-state index is 0.230. The highest BCUT2D eigenvalue weighted by Gasteiger charge is 2.47. The van der Waals surface area contributed by atoms with Crippen LogP contribution in [0.4, 0.5) is 8.78 Å². The molecule has 5 nitrogen and oxygen atoms in total. The first-order valence-electron chi connectivity index (χ1n) is 10.4. The normalized spacial score (nSPS) is 26.5. The van der Waals surface area contributed by atoms with Crippen molar-refractivity contribution < 1.29 is 18.6 Å². The van der Waals surface area contributed by atoms with Gasteiger partial charge < -0.3 is 14.4 Å². The third-order valence-corrected chi connectivity index (χ3v) is 6.55. The zero-order valence-electron chi connectivity index (χ0n) is 16.6. The summed E-state index contributed by atoms with van der Waals surface area (Å²) >= 11 is 0. The number of fused-ring (bicyclic) bond motifs is 3. The van der Waals surface area contributed by atoms with Crippen LogP contribution in [0, 0.1) is 0 Å². The smallest absolute Gasteiger partial charge is 0.387 e. The molecule has 3 aromatic rings. The van der Waals surface area contributed by atoms with E-state index in [1.54, 1.807) is 18.3 Å². The number of aromatic nitrogens is 2. The first-order chi connectivity index (χ1) is 14.5. The standard InChI is InChI=1S/C23H25F2N3O2/c24-22(25)30-21-6-2-1-4-16(21)14-28-17-7-8-18(28)13-23(29,12-17)15-27-11-9-19-20(27)5-3-10-26-19/h1-6,9-11,17-18,22,29H,7-8,12-15H2/t17-,18-/m0/s1. The van der Waals surface area contributed by atoms with Crippen LogP contribution >= 0.6 is 0 Å². The molecule has 5 rings (SSSR count). The van der Waals surface area contributed by atoms with Crippen LogP contribution in [-0.4, -0.2) is 43.9 Å². The Morgan fingerprint density at radius 2 is 1.87 bits per heavy atom. The fourth-order valence-corrected chi connectivity index (χ4v) is 5.32. The van der Waals surface area contributed by atoms with Gasteiger partial charge in [-0.1, -0.05) is 18.2 Å². The van der Waals surface area contributed by atoms with E-state index in [1.165, 1.54) is 0 Å². The molecule has 0 aliphatic carbocycles. The van der Waals surface area contributed by atoms with Crippen molar-refractivity contribution in [3.63, 3.8) is 0 Å². The number of nitrogens with zero attached hydrogens (tertiary/aromatic N) is 3. The van der Waals surface area contributed by atoms with E-state index in [9.17, 15) is 13.9 Å². The summed E-state index contributed by atoms with van der Waals surface area (Å²) in [6.45, 7) is -1.74. The van der Waals surface area contributed by atoms with Gasteiger partial charge >= 0.3 is 6.61 Å². The molecule has 4 heterocycles. The minimum Gasteiger partial charge on any atom is -0.434 e. The molecule has 2 bridgehead atoms. The zero-order chi connectivity index (χ0) is 20.7. The number of aliphatic hydroxyl groups is 1. The Labute approximate surface area is 173 Å². The molecular formula is C23H25F2N3O2. The first kappa shape index (κ1) is 19.5. The van der Waals surface area contributed by atoms with E-state index >= 15 is 0 Å². The molecular weight excluding hydrogens is 388 g/mol. The molecule has 0 saturated carbocycles. The lowest BCUT2D eigenvalue weighted by molar-refractivity contribution is -0.0661. The highest BCUT2D eigenvalue weighted by molar-refractivity contribution is 5.75. The van der Waals surface area contributed by atoms with Gasteiger partial charge in [0.25, 0.3) is 0 Å². The maximum Gasteiger partial charge on any atom is 0.387 e. The molecule has 1 N–H and O–H groups in total. The molecule has 2 aliphatic heterocycles. The van der Waals surface area contributed by atoms with Crippen LogP contribution in [0.5, 0.6) is 5.75 Å². The van der Waals surface area contributed by atoms with E-state index in [0.717, 1.165) is 29.4 Å². The molecule has 0 unspecified atom stereocenters. The van der Waals surface area contributed by atoms with Crippen LogP contribution in [0.15, 0.2) is 54.9 Å². The zero-order valence-corrected chi connectivity index (χ0v) is 16.6. The Morgan fingerprint density at radius 1 is 1.10 bits per heavy atom. The number of alkyl halides is 2. The largest absolute Gasteiger partial charge is 0.434 e. The molecule has 158 valence electrons. The number of para-hydroxylation sites is 1. The molecule has 2 aliphatic rings. The quantitative estimate of drug-likeness (QED) is 0.658. The number of halogens is 2. The van der Waals surface area contributed by atoms with Crippen molar-refractivity contribution in [2.45, 2.75) is 63.1 Å². The molecule has 7 heteroatoms. The van der Waals surface area contributed by atoms with Gasteiger partial charge in [-0.2, -0.15) is 8.78 Å². The van der Waals surface area contributed by atoms with Crippen LogP contribution in [0.3, 0.4) is 0 Å². The van der Waals surface area contributed by atoms with Crippen LogP contribution < -0.4 is 4.74 Å². The Morgan fingerprint density at radius 3 is 2.63 bits per heavy atom. The topological polar surface area (TPSA) is 50.5 Å². The van der Waals surface area contributed by atoms with Crippen LogP contribution in [0.2, 0.25) is 0 Å². The number of benzene rings is 1. The highest BCUT2D eigenvalue weighted by Crippen LogP contribution is 2.43. The van der Waals surface area contributed by atoms with E-state index in [1.807, 2.05) is 36.5 Å². The molecule has 2 fully saturated rings. The summed E-state index contributed by atoms with van der Waals surface area (Å²) in [6.07, 6.45) is 7.12. The third-order valence-electron chi connectivity index (χ3n) is 6.55. The van der Waals surface area contributed by atoms with Gasteiger partial charge in [-0.3, -0.25) is 9.88 Å². The predicted molar refractivity (Wildman–Crippen MR) is 109 cm³/mol. The van der Waals surface area contributed by atoms with Gasteiger partial charge in [-0.25, -0.2) is 0 Å². The van der Waals surface area contributed by atoms with Crippen molar-refractivity contribution >= 4 is 11.0 Å². The summed E-state index contributed by atoms with van der Waals surface area (Å²) in [6, 6.07) is 13.4. The van der Waals surface area contributed by atoms with Gasteiger partial charge in [0.1, 0.15) is 5.75 Å². The monoisotopic (exact) mass is 413 g/mol. The highest BCUT2D eigenvalue weighted by atomic mass is 19.3. The SMILES string of the molecule is OC1(Cn2ccc3ncccc32)C[C@@H]2CC[C@@H](C1)N2Cc1ccccc1OC(F)F. The summed E-state index contributed by atoms with van der Waals surface area (Å²) < 4.78 is 32.3. The summed E-state index contributed by atoms with van der Waals surface area (Å²) in [5, 5.41) is 11.4. The Kier molecular flexibility index (Phi) is 4.95. The van der Waals surface area contributed by atoms with Crippen molar-refractivity contribution in [1.29, 1.82) is 0 Å². The second kappa shape index (κ2) is 7.63. The van der Waals surface area contributed by atoms with E-state index in [0.29, 0.717) is 25.9 Å². The number of hydrogen-bond donors (Lipinski definition) is 1. The molecule has 0 radical (unpaired) electrons. The Bertz CT molecular complexity index is 1020. The van der Waals surface area contributed by atoms with E-state index in [4.69, 9.17) is 4.74 Å². The molecule has 2 saturated heterocycles. The number of piperidine rings is 1. The van der Waals surface area contributed by atoms with Crippen molar-refractivity contribution in [3.8, 4) is 5.75 Å². The van der Waals surface area contributed by atoms with E-state index in [2.05, 4.69) is 14.5 Å². The van der Waals surface area contributed by atoms with Crippen molar-refractivity contribution in [3.05, 3.63) is 60.4 Å². The van der Waals surface area contributed by atoms with Gasteiger partial charge in [-0.15, -0.1) is 0 Å². The number of rotatable bonds is 6. The fourth-order valence-electron chi connectivity index (χ4n) is 5.32. The number of hydrogen-bond acceptors (Lipinski definition) is 4. The molecule has 0 spiro atoms. The van der Waals surface area contributed by atoms with E-state index in [-0.39, 0.29) is 17.8 Å². The first-order valence-corrected chi connectivity index (χ1v) is 10.4. The third kappa shape index (κ3) is 3.68. The molecule has 2 atom stereocenters. The lowest BCUT2D eigenvalue weighted by Crippen LogP contribution is -2.52. The Hall–Kier alpha value is -2.51. The van der Waals surface area contributed by atoms with Crippen LogP contribution in [0.1, 0.15) is 31.2 Å². The molecule has 30 heavy (non-hydrogen) atoms. The van der Waals surface area contributed by atoms with E-state index < -0.39 is 12.2 Å². The molecule has 1 aromatic carbocycles. The average molecular weight is 413 g/mol. The van der Waals surface area contributed by atoms with Gasteiger partial charge in [0, 0.05) is 36.6 Å². The summed E-state index contributed by atoms with van der Waals surface area (Å²) in [7, 11) is 0. The summed E-state index contributed by atoms with van der Waals surface area (Å²) in [5.41, 5.74) is 1.93. The van der Waals surface area contributed by atoms with Gasteiger partial charge in [0.15, 0.2) is 0 Å². The second-order valence-corrected chi connectivity index (χ2v) is 8.53. The van der Waals surface area contributed by atoms with Crippen LogP contribution in [0.25, 0.3) is 11.0 Å². The van der Waals surface area contributed by atoms with Crippen LogP contribution in [-0.2, 0) is 13.1 Å². The summed E-state index contributed by atoms with van der Waals surface area (Å²) in [5.74, 6) is 0.235. The van der Waals surface area contributed by atoms with Gasteiger partial charge in [0.2, 0.25) is 0 Å². The summed E-state index contributed by atoms with van der Waals surface area (Å²) in [4.78, 5) is 6.73. The Balaban J connectivity index is 1.33. The number of ether oxygens (including phenoxy) is 1. The second-order valence-electron chi connectivity index (χ2n) is 8.53. The number of pyridine rings is 1. The molecule has 0 amide bonds. The van der Waals surface area contributed by atoms with Gasteiger partial charge in [0.05, 0.1) is 23.2 Å². The molecule has 2 aromatic heterocycles. The lowest BCUT2D eigenvalue weighted by Gasteiger charge is -2.44. The maximum atomic E-state index is 12.8. The van der Waals surface area contributed by atoms with Crippen molar-refractivity contribution in [1.82, 2.24) is 14.5 Å². The maximum absolute atomic E-state index is 12.8. The minimum atomic E-state index is -2.83. The van der Waals surface area contributed by atoms with Crippen molar-refractivity contribution in [2.75, 3.05) is 0 Å². The predicted octanol–water partition coefficient (Wildman–Crippen LogP) is 4.20. The lowest BCUT2D eigenvalue weighted by atomic mass is 9.85. The average Bonchev–Trinajstić information content (AvgIpc) is 3.22. The van der Waals surface area contributed by atoms with Crippen molar-refractivity contribution in [2.24, 2.45) is 0 Å². The fraction of sp³-hybridized carbons (Fsp3) is 0.435. The van der Waals surface area contributed by atoms with Gasteiger partial charge in [-0.05, 0) is 49.9 Å².